The number of benzene rings is 2. The number of nitrogens with one attached hydrogen (secondary N) is 1. The molecule has 3 aromatic rings. The van der Waals surface area contributed by atoms with Crippen LogP contribution < -0.4 is 14.8 Å². The number of esters is 1. The second-order valence-electron chi connectivity index (χ2n) is 11.9. The number of piperidine rings is 1. The van der Waals surface area contributed by atoms with Gasteiger partial charge in [0.25, 0.3) is 0 Å². The van der Waals surface area contributed by atoms with E-state index in [-0.39, 0.29) is 24.7 Å². The number of carbonyl (C=O) groups is 2. The molecule has 0 spiro atoms. The fraction of sp³-hybridized carbons (Fsp3) is 0.424. The number of nitrogens with zero attached hydrogens (tertiary/aromatic N) is 3. The topological polar surface area (TPSA) is 93.2 Å². The van der Waals surface area contributed by atoms with Gasteiger partial charge >= 0.3 is 12.0 Å². The van der Waals surface area contributed by atoms with Crippen LogP contribution >= 0.6 is 0 Å². The van der Waals surface area contributed by atoms with Gasteiger partial charge in [0.2, 0.25) is 5.88 Å². The normalized spacial score (nSPS) is 18.0. The Morgan fingerprint density at radius 1 is 0.976 bits per heavy atom. The summed E-state index contributed by atoms with van der Waals surface area (Å²) in [6, 6.07) is 21.7. The van der Waals surface area contributed by atoms with E-state index in [9.17, 15) is 9.59 Å². The van der Waals surface area contributed by atoms with E-state index in [1.165, 1.54) is 5.56 Å². The zero-order valence-corrected chi connectivity index (χ0v) is 24.8. The first-order chi connectivity index (χ1) is 20.1. The van der Waals surface area contributed by atoms with Crippen LogP contribution in [0.1, 0.15) is 56.5 Å². The zero-order chi connectivity index (χ0) is 29.7. The lowest BCUT2D eigenvalue weighted by Crippen LogP contribution is -2.46. The molecule has 1 atom stereocenters. The summed E-state index contributed by atoms with van der Waals surface area (Å²) in [5, 5.41) is 3.05. The number of hydrogen-bond donors (Lipinski definition) is 1. The van der Waals surface area contributed by atoms with Crippen LogP contribution in [0.15, 0.2) is 66.7 Å². The second kappa shape index (κ2) is 12.8. The van der Waals surface area contributed by atoms with Gasteiger partial charge in [-0.1, -0.05) is 36.4 Å². The van der Waals surface area contributed by atoms with Gasteiger partial charge in [0, 0.05) is 44.0 Å². The van der Waals surface area contributed by atoms with E-state index in [0.29, 0.717) is 23.9 Å². The first-order valence-electron chi connectivity index (χ1n) is 14.6. The van der Waals surface area contributed by atoms with E-state index in [4.69, 9.17) is 14.2 Å². The highest BCUT2D eigenvalue weighted by Crippen LogP contribution is 2.31. The summed E-state index contributed by atoms with van der Waals surface area (Å²) in [6.07, 6.45) is 1.89. The largest absolute Gasteiger partial charge is 0.482 e. The Morgan fingerprint density at radius 2 is 1.67 bits per heavy atom. The van der Waals surface area contributed by atoms with Crippen molar-refractivity contribution in [2.24, 2.45) is 0 Å². The minimum Gasteiger partial charge on any atom is -0.482 e. The van der Waals surface area contributed by atoms with Crippen molar-refractivity contribution in [3.8, 4) is 17.4 Å². The van der Waals surface area contributed by atoms with Crippen molar-refractivity contribution < 1.29 is 23.8 Å². The third-order valence-corrected chi connectivity index (χ3v) is 7.54. The molecular formula is C33H40N4O5. The van der Waals surface area contributed by atoms with Gasteiger partial charge in [-0.05, 0) is 75.9 Å². The monoisotopic (exact) mass is 572 g/mol. The van der Waals surface area contributed by atoms with E-state index in [1.807, 2.05) is 52.0 Å². The first-order valence-corrected chi connectivity index (χ1v) is 14.6. The van der Waals surface area contributed by atoms with Crippen molar-refractivity contribution in [3.63, 3.8) is 0 Å². The molecule has 2 saturated heterocycles. The molecule has 1 N–H and O–H groups in total. The van der Waals surface area contributed by atoms with E-state index >= 15 is 0 Å². The smallest absolute Gasteiger partial charge is 0.344 e. The van der Waals surface area contributed by atoms with Crippen molar-refractivity contribution in [1.82, 2.24) is 20.1 Å². The Balaban J connectivity index is 1.11. The lowest BCUT2D eigenvalue weighted by Gasteiger charge is -2.38. The number of rotatable bonds is 9. The van der Waals surface area contributed by atoms with Crippen LogP contribution in [0.4, 0.5) is 4.79 Å². The summed E-state index contributed by atoms with van der Waals surface area (Å²) < 4.78 is 16.7. The first kappa shape index (κ1) is 29.4. The highest BCUT2D eigenvalue weighted by Gasteiger charge is 2.38. The Bertz CT molecular complexity index is 1370. The van der Waals surface area contributed by atoms with Gasteiger partial charge in [-0.25, -0.2) is 14.6 Å². The number of hydrogen-bond acceptors (Lipinski definition) is 7. The number of likely N-dealkylation sites (tertiary alicyclic amines) is 1. The van der Waals surface area contributed by atoms with E-state index in [0.717, 1.165) is 43.7 Å². The molecule has 2 fully saturated rings. The summed E-state index contributed by atoms with van der Waals surface area (Å²) >= 11 is 0. The van der Waals surface area contributed by atoms with Gasteiger partial charge in [-0.15, -0.1) is 0 Å². The van der Waals surface area contributed by atoms with Crippen LogP contribution in [0.2, 0.25) is 0 Å². The molecule has 1 aromatic heterocycles. The summed E-state index contributed by atoms with van der Waals surface area (Å²) in [6.45, 7) is 10.6. The van der Waals surface area contributed by atoms with E-state index < -0.39 is 11.6 Å². The molecule has 5 rings (SSSR count). The Labute approximate surface area is 247 Å². The molecular weight excluding hydrogens is 532 g/mol. The maximum Gasteiger partial charge on any atom is 0.344 e. The van der Waals surface area contributed by atoms with Crippen molar-refractivity contribution >= 4 is 12.0 Å². The summed E-state index contributed by atoms with van der Waals surface area (Å²) in [5.74, 6) is 1.28. The van der Waals surface area contributed by atoms with Gasteiger partial charge < -0.3 is 24.4 Å². The predicted octanol–water partition coefficient (Wildman–Crippen LogP) is 5.63. The van der Waals surface area contributed by atoms with Gasteiger partial charge in [-0.3, -0.25) is 4.90 Å². The molecule has 0 bridgehead atoms. The molecule has 9 nitrogen and oxygen atoms in total. The summed E-state index contributed by atoms with van der Waals surface area (Å²) in [4.78, 5) is 33.7. The SMILES string of the molecule is Cc1nc(Oc2ccc(OCC(=O)OC(C)(C)C)cc2)ccc1CN1CCC(N2C(=O)NC[C@H]2c2ccccc2)CC1. The van der Waals surface area contributed by atoms with Gasteiger partial charge in [0.15, 0.2) is 6.61 Å². The second-order valence-corrected chi connectivity index (χ2v) is 11.9. The molecule has 2 amide bonds. The molecule has 42 heavy (non-hydrogen) atoms. The fourth-order valence-electron chi connectivity index (χ4n) is 5.51. The van der Waals surface area contributed by atoms with Crippen LogP contribution in [0, 0.1) is 6.92 Å². The van der Waals surface area contributed by atoms with Crippen LogP contribution in [-0.2, 0) is 16.1 Å². The third-order valence-electron chi connectivity index (χ3n) is 7.54. The molecule has 3 heterocycles. The van der Waals surface area contributed by atoms with Gasteiger partial charge in [-0.2, -0.15) is 0 Å². The van der Waals surface area contributed by atoms with Crippen LogP contribution in [-0.4, -0.2) is 64.7 Å². The number of amides is 2. The van der Waals surface area contributed by atoms with Crippen molar-refractivity contribution in [1.29, 1.82) is 0 Å². The Kier molecular flexibility index (Phi) is 8.97. The molecule has 0 radical (unpaired) electrons. The fourth-order valence-corrected chi connectivity index (χ4v) is 5.51. The molecule has 9 heteroatoms. The molecule has 0 saturated carbocycles. The quantitative estimate of drug-likeness (QED) is 0.332. The number of aromatic nitrogens is 1. The lowest BCUT2D eigenvalue weighted by molar-refractivity contribution is -0.157. The minimum atomic E-state index is -0.546. The van der Waals surface area contributed by atoms with Gasteiger partial charge in [0.1, 0.15) is 17.1 Å². The van der Waals surface area contributed by atoms with Gasteiger partial charge in [0.05, 0.1) is 6.04 Å². The number of urea groups is 1. The van der Waals surface area contributed by atoms with Crippen LogP contribution in [0.25, 0.3) is 0 Å². The Hall–Kier alpha value is -4.11. The molecule has 0 aliphatic carbocycles. The van der Waals surface area contributed by atoms with E-state index in [2.05, 4.69) is 38.3 Å². The predicted molar refractivity (Wildman–Crippen MR) is 160 cm³/mol. The molecule has 222 valence electrons. The number of carbonyl (C=O) groups excluding carboxylic acids is 2. The summed E-state index contributed by atoms with van der Waals surface area (Å²) in [5.41, 5.74) is 2.72. The molecule has 2 aliphatic heterocycles. The highest BCUT2D eigenvalue weighted by atomic mass is 16.6. The van der Waals surface area contributed by atoms with E-state index in [1.54, 1.807) is 24.3 Å². The lowest BCUT2D eigenvalue weighted by atomic mass is 9.98. The maximum atomic E-state index is 12.7. The zero-order valence-electron chi connectivity index (χ0n) is 24.8. The number of aryl methyl sites for hydroxylation is 1. The van der Waals surface area contributed by atoms with Crippen LogP contribution in [0.3, 0.4) is 0 Å². The average Bonchev–Trinajstić information content (AvgIpc) is 3.35. The Morgan fingerprint density at radius 3 is 2.33 bits per heavy atom. The standard InChI is InChI=1S/C33H40N4O5/c1-23-25(10-15-30(35-23)41-28-13-11-27(12-14-28)40-22-31(38)42-33(2,3)4)21-36-18-16-26(17-19-36)37-29(20-34-32(37)39)24-8-6-5-7-9-24/h5-15,26,29H,16-22H2,1-4H3,(H,34,39)/t29-/m0/s1. The average molecular weight is 573 g/mol. The summed E-state index contributed by atoms with van der Waals surface area (Å²) in [7, 11) is 0. The minimum absolute atomic E-state index is 0.0425. The molecule has 2 aliphatic rings. The highest BCUT2D eigenvalue weighted by molar-refractivity contribution is 5.77. The van der Waals surface area contributed by atoms with Crippen LogP contribution in [0.5, 0.6) is 17.4 Å². The van der Waals surface area contributed by atoms with Crippen molar-refractivity contribution in [2.45, 2.75) is 64.8 Å². The maximum absolute atomic E-state index is 12.7. The molecule has 2 aromatic carbocycles. The van der Waals surface area contributed by atoms with Crippen molar-refractivity contribution in [3.05, 3.63) is 83.6 Å². The number of pyridine rings is 1. The van der Waals surface area contributed by atoms with Crippen molar-refractivity contribution in [2.75, 3.05) is 26.2 Å². The number of ether oxygens (including phenoxy) is 3. The third kappa shape index (κ3) is 7.59. The molecule has 0 unspecified atom stereocenters.